The van der Waals surface area contributed by atoms with Crippen molar-refractivity contribution in [3.05, 3.63) is 287 Å². The number of hydrogen-bond donors (Lipinski definition) is 2. The number of benzene rings is 7. The van der Waals surface area contributed by atoms with Crippen LogP contribution in [0.25, 0.3) is 16.7 Å². The van der Waals surface area contributed by atoms with Gasteiger partial charge in [-0.1, -0.05) is 224 Å². The summed E-state index contributed by atoms with van der Waals surface area (Å²) >= 11 is 0. The Labute approximate surface area is 395 Å². The van der Waals surface area contributed by atoms with Gasteiger partial charge in [-0.15, -0.1) is 5.10 Å². The van der Waals surface area contributed by atoms with Crippen LogP contribution in [0.15, 0.2) is 237 Å². The predicted molar refractivity (Wildman–Crippen MR) is 268 cm³/mol. The molecule has 0 fully saturated rings. The minimum atomic E-state index is -1.04. The second kappa shape index (κ2) is 19.3. The van der Waals surface area contributed by atoms with Crippen LogP contribution < -0.4 is 10.6 Å². The Morgan fingerprint density at radius 3 is 1.53 bits per heavy atom. The van der Waals surface area contributed by atoms with Gasteiger partial charge in [-0.25, -0.2) is 14.5 Å². The number of carbonyl (C=O) groups is 1. The molecular weight excluding hydrogens is 841 g/mol. The van der Waals surface area contributed by atoms with Crippen molar-refractivity contribution in [2.45, 2.75) is 17.7 Å². The molecule has 0 aliphatic rings. The quantitative estimate of drug-likeness (QED) is 0.0986. The van der Waals surface area contributed by atoms with Gasteiger partial charge in [-0.05, 0) is 50.6 Å². The number of fused-ring (bicyclic) bond motifs is 1. The van der Waals surface area contributed by atoms with E-state index < -0.39 is 17.2 Å². The molecule has 0 aliphatic heterocycles. The van der Waals surface area contributed by atoms with Crippen molar-refractivity contribution in [3.8, 4) is 0 Å². The molecule has 2 N–H and O–H groups in total. The number of aromatic nitrogens is 6. The Morgan fingerprint density at radius 1 is 0.618 bits per heavy atom. The maximum absolute atomic E-state index is 13.2. The summed E-state index contributed by atoms with van der Waals surface area (Å²) in [5.41, 5.74) is 8.24. The zero-order chi connectivity index (χ0) is 46.2. The first-order chi connectivity index (χ1) is 33.5. The molecule has 10 aromatic rings. The van der Waals surface area contributed by atoms with Crippen molar-refractivity contribution in [3.63, 3.8) is 0 Å². The molecule has 0 atom stereocenters. The van der Waals surface area contributed by atoms with Crippen molar-refractivity contribution >= 4 is 28.6 Å². The standard InChI is InChI=1S/C58H48N8O2/c1-65-41-44(40-60-65)51(37-38-59-56(67)68-42-43-23-9-2-10-24-43)52-39-53(62-57(45-25-11-3-12-26-45,46-27-13-4-14-28-46)47-29-15-5-16-30-47)61-55-54(52)63-64-66(55)58(48-31-17-6-18-32-48,49-33-19-7-20-34-49)50-35-21-8-22-36-50/h2-37,39-41H,38,42H2,1H3,(H,59,67)(H,61,62). The van der Waals surface area contributed by atoms with Crippen LogP contribution in [0.5, 0.6) is 0 Å². The first-order valence-corrected chi connectivity index (χ1v) is 22.6. The second-order valence-electron chi connectivity index (χ2n) is 16.5. The van der Waals surface area contributed by atoms with E-state index in [1.807, 2.05) is 103 Å². The topological polar surface area (TPSA) is 112 Å². The first-order valence-electron chi connectivity index (χ1n) is 22.6. The number of anilines is 1. The fourth-order valence-electron chi connectivity index (χ4n) is 9.23. The van der Waals surface area contributed by atoms with Crippen LogP contribution in [0.1, 0.15) is 50.1 Å². The van der Waals surface area contributed by atoms with Crippen LogP contribution in [0.3, 0.4) is 0 Å². The Kier molecular flexibility index (Phi) is 12.2. The van der Waals surface area contributed by atoms with Gasteiger partial charge >= 0.3 is 6.09 Å². The predicted octanol–water partition coefficient (Wildman–Crippen LogP) is 11.2. The van der Waals surface area contributed by atoms with E-state index in [4.69, 9.17) is 20.0 Å². The van der Waals surface area contributed by atoms with E-state index in [-0.39, 0.29) is 13.2 Å². The van der Waals surface area contributed by atoms with Gasteiger partial charge < -0.3 is 15.4 Å². The monoisotopic (exact) mass is 888 g/mol. The number of rotatable bonds is 15. The van der Waals surface area contributed by atoms with Crippen LogP contribution >= 0.6 is 0 Å². The van der Waals surface area contributed by atoms with E-state index in [1.165, 1.54) is 0 Å². The molecule has 3 heterocycles. The van der Waals surface area contributed by atoms with Crippen molar-refractivity contribution in [2.24, 2.45) is 7.05 Å². The van der Waals surface area contributed by atoms with E-state index in [2.05, 4.69) is 161 Å². The van der Waals surface area contributed by atoms with Crippen molar-refractivity contribution in [1.82, 2.24) is 35.1 Å². The zero-order valence-corrected chi connectivity index (χ0v) is 37.4. The lowest BCUT2D eigenvalue weighted by Gasteiger charge is -2.38. The third-order valence-electron chi connectivity index (χ3n) is 12.3. The van der Waals surface area contributed by atoms with Gasteiger partial charge in [-0.2, -0.15) is 5.10 Å². The molecule has 0 unspecified atom stereocenters. The highest BCUT2D eigenvalue weighted by Gasteiger charge is 2.42. The third kappa shape index (κ3) is 8.31. The van der Waals surface area contributed by atoms with Crippen LogP contribution in [0.2, 0.25) is 0 Å². The highest BCUT2D eigenvalue weighted by molar-refractivity contribution is 5.94. The van der Waals surface area contributed by atoms with Gasteiger partial charge in [0.2, 0.25) is 0 Å². The van der Waals surface area contributed by atoms with Crippen molar-refractivity contribution < 1.29 is 9.53 Å². The average molecular weight is 889 g/mol. The molecule has 0 saturated heterocycles. The van der Waals surface area contributed by atoms with Crippen LogP contribution in [-0.2, 0) is 29.5 Å². The van der Waals surface area contributed by atoms with Crippen molar-refractivity contribution in [2.75, 3.05) is 11.9 Å². The molecule has 0 spiro atoms. The normalized spacial score (nSPS) is 11.9. The number of hydrogen-bond acceptors (Lipinski definition) is 7. The van der Waals surface area contributed by atoms with Gasteiger partial charge in [-0.3, -0.25) is 4.68 Å². The number of pyridine rings is 1. The number of alkyl carbamates (subject to hydrolysis) is 1. The first kappa shape index (κ1) is 43.0. The number of amides is 1. The summed E-state index contributed by atoms with van der Waals surface area (Å²) in [6.07, 6.45) is 5.19. The number of ether oxygens (including phenoxy) is 1. The van der Waals surface area contributed by atoms with Gasteiger partial charge in [0.05, 0.1) is 6.20 Å². The van der Waals surface area contributed by atoms with E-state index in [9.17, 15) is 4.79 Å². The van der Waals surface area contributed by atoms with Gasteiger partial charge in [0, 0.05) is 30.9 Å². The van der Waals surface area contributed by atoms with Gasteiger partial charge in [0.1, 0.15) is 29.0 Å². The van der Waals surface area contributed by atoms with E-state index in [0.717, 1.165) is 55.6 Å². The molecular formula is C58H48N8O2. The molecule has 0 bridgehead atoms. The molecule has 332 valence electrons. The molecule has 0 radical (unpaired) electrons. The minimum absolute atomic E-state index is 0.141. The molecule has 10 heteroatoms. The molecule has 10 nitrogen and oxygen atoms in total. The lowest BCUT2D eigenvalue weighted by molar-refractivity contribution is 0.141. The van der Waals surface area contributed by atoms with E-state index in [0.29, 0.717) is 17.0 Å². The fraction of sp³-hybridized carbons (Fsp3) is 0.0862. The summed E-state index contributed by atoms with van der Waals surface area (Å²) in [7, 11) is 1.88. The SMILES string of the molecule is Cn1cc(C(=CCNC(=O)OCc2ccccc2)c2cc(NC(c3ccccc3)(c3ccccc3)c3ccccc3)nc3c2nnn3C(c2ccccc2)(c2ccccc2)c2ccccc2)cn1. The smallest absolute Gasteiger partial charge is 0.407 e. The third-order valence-corrected chi connectivity index (χ3v) is 12.3. The molecule has 0 aliphatic carbocycles. The van der Waals surface area contributed by atoms with Crippen LogP contribution in [-0.4, -0.2) is 42.4 Å². The summed E-state index contributed by atoms with van der Waals surface area (Å²) in [6, 6.07) is 74.2. The highest BCUT2D eigenvalue weighted by Crippen LogP contribution is 2.45. The summed E-state index contributed by atoms with van der Waals surface area (Å²) in [5, 5.41) is 21.8. The van der Waals surface area contributed by atoms with Crippen LogP contribution in [0, 0.1) is 0 Å². The van der Waals surface area contributed by atoms with Gasteiger partial charge in [0.25, 0.3) is 0 Å². The van der Waals surface area contributed by atoms with Crippen LogP contribution in [0.4, 0.5) is 10.6 Å². The lowest BCUT2D eigenvalue weighted by Crippen LogP contribution is -2.39. The Bertz CT molecular complexity index is 3080. The van der Waals surface area contributed by atoms with E-state index >= 15 is 0 Å². The second-order valence-corrected chi connectivity index (χ2v) is 16.5. The molecule has 0 saturated carbocycles. The number of aryl methyl sites for hydroxylation is 1. The number of carbonyl (C=O) groups excluding carboxylic acids is 1. The van der Waals surface area contributed by atoms with Crippen molar-refractivity contribution in [1.29, 1.82) is 0 Å². The molecule has 68 heavy (non-hydrogen) atoms. The largest absolute Gasteiger partial charge is 0.445 e. The maximum Gasteiger partial charge on any atom is 0.407 e. The number of nitrogens with one attached hydrogen (secondary N) is 2. The molecule has 7 aromatic carbocycles. The zero-order valence-electron chi connectivity index (χ0n) is 37.4. The molecule has 1 amide bonds. The minimum Gasteiger partial charge on any atom is -0.445 e. The Balaban J connectivity index is 1.24. The van der Waals surface area contributed by atoms with Gasteiger partial charge in [0.15, 0.2) is 5.65 Å². The molecule has 10 rings (SSSR count). The summed E-state index contributed by atoms with van der Waals surface area (Å²) in [4.78, 5) is 18.8. The molecule has 3 aromatic heterocycles. The summed E-state index contributed by atoms with van der Waals surface area (Å²) < 4.78 is 9.35. The maximum atomic E-state index is 13.2. The average Bonchev–Trinajstić information content (AvgIpc) is 4.05. The Hall–Kier alpha value is -8.89. The summed E-state index contributed by atoms with van der Waals surface area (Å²) in [5.74, 6) is 0.556. The number of nitrogens with zero attached hydrogens (tertiary/aromatic N) is 6. The lowest BCUT2D eigenvalue weighted by atomic mass is 9.77. The summed E-state index contributed by atoms with van der Waals surface area (Å²) in [6.45, 7) is 0.287. The highest BCUT2D eigenvalue weighted by atomic mass is 16.5. The van der Waals surface area contributed by atoms with E-state index in [1.54, 1.807) is 4.68 Å². The Morgan fingerprint density at radius 2 is 1.07 bits per heavy atom. The fourth-order valence-corrected chi connectivity index (χ4v) is 9.23.